The first kappa shape index (κ1) is 14.3. The van der Waals surface area contributed by atoms with Gasteiger partial charge in [0.1, 0.15) is 5.75 Å². The number of phenolic OH excluding ortho intramolecular Hbond substituents is 1. The van der Waals surface area contributed by atoms with Crippen molar-refractivity contribution >= 4 is 21.9 Å². The van der Waals surface area contributed by atoms with Crippen LogP contribution in [0.1, 0.15) is 25.3 Å². The molecule has 0 spiro atoms. The minimum Gasteiger partial charge on any atom is -0.507 e. The van der Waals surface area contributed by atoms with Gasteiger partial charge in [-0.1, -0.05) is 12.1 Å². The van der Waals surface area contributed by atoms with Gasteiger partial charge in [0.05, 0.1) is 10.4 Å². The number of rotatable bonds is 3. The number of hydrogen-bond acceptors (Lipinski definition) is 3. The van der Waals surface area contributed by atoms with Crippen molar-refractivity contribution in [2.45, 2.75) is 32.4 Å². The van der Waals surface area contributed by atoms with E-state index in [1.54, 1.807) is 12.1 Å². The van der Waals surface area contributed by atoms with Crippen LogP contribution in [0.25, 0.3) is 0 Å². The Bertz CT molecular complexity index is 478. The number of aliphatic carboxylic acids is 1. The summed E-state index contributed by atoms with van der Waals surface area (Å²) in [6, 6.07) is 5.40. The van der Waals surface area contributed by atoms with Crippen LogP contribution in [-0.2, 0) is 11.3 Å². The SMILES string of the molecule is C[C@@H]1[C@H](C(=O)O)CCCN1Cc1cccc(O)c1Br. The van der Waals surface area contributed by atoms with Crippen LogP contribution in [0.15, 0.2) is 22.7 Å². The van der Waals surface area contributed by atoms with E-state index >= 15 is 0 Å². The van der Waals surface area contributed by atoms with Crippen LogP contribution in [0, 0.1) is 5.92 Å². The summed E-state index contributed by atoms with van der Waals surface area (Å²) in [7, 11) is 0. The molecule has 4 nitrogen and oxygen atoms in total. The highest BCUT2D eigenvalue weighted by molar-refractivity contribution is 9.10. The van der Waals surface area contributed by atoms with E-state index in [1.165, 1.54) is 0 Å². The second-order valence-electron chi connectivity index (χ2n) is 5.05. The molecule has 0 amide bonds. The Kier molecular flexibility index (Phi) is 4.47. The summed E-state index contributed by atoms with van der Waals surface area (Å²) in [5.41, 5.74) is 0.984. The number of carboxylic acids is 1. The first-order valence-corrected chi connectivity index (χ1v) is 7.23. The zero-order chi connectivity index (χ0) is 14.0. The Morgan fingerprint density at radius 3 is 2.95 bits per heavy atom. The number of hydrogen-bond donors (Lipinski definition) is 2. The maximum Gasteiger partial charge on any atom is 0.308 e. The molecule has 0 aromatic heterocycles. The van der Waals surface area contributed by atoms with Gasteiger partial charge in [0.25, 0.3) is 0 Å². The molecular weight excluding hydrogens is 310 g/mol. The van der Waals surface area contributed by atoms with Gasteiger partial charge >= 0.3 is 5.97 Å². The van der Waals surface area contributed by atoms with E-state index in [-0.39, 0.29) is 17.7 Å². The van der Waals surface area contributed by atoms with Crippen molar-refractivity contribution in [1.29, 1.82) is 0 Å². The van der Waals surface area contributed by atoms with Crippen LogP contribution >= 0.6 is 15.9 Å². The van der Waals surface area contributed by atoms with Crippen LogP contribution in [0.2, 0.25) is 0 Å². The third kappa shape index (κ3) is 3.09. The fraction of sp³-hybridized carbons (Fsp3) is 0.500. The monoisotopic (exact) mass is 327 g/mol. The number of carbonyl (C=O) groups is 1. The van der Waals surface area contributed by atoms with Crippen LogP contribution in [0.4, 0.5) is 0 Å². The summed E-state index contributed by atoms with van der Waals surface area (Å²) in [5.74, 6) is -0.797. The molecule has 0 bridgehead atoms. The van der Waals surface area contributed by atoms with E-state index in [0.29, 0.717) is 11.0 Å². The predicted molar refractivity (Wildman–Crippen MR) is 76.0 cm³/mol. The van der Waals surface area contributed by atoms with Crippen molar-refractivity contribution in [2.75, 3.05) is 6.54 Å². The molecule has 0 saturated carbocycles. The molecule has 1 aromatic carbocycles. The first-order valence-electron chi connectivity index (χ1n) is 6.44. The average Bonchev–Trinajstić information content (AvgIpc) is 2.37. The quantitative estimate of drug-likeness (QED) is 0.896. The maximum absolute atomic E-state index is 11.2. The molecular formula is C14H18BrNO3. The minimum absolute atomic E-state index is 0.0144. The number of aromatic hydroxyl groups is 1. The molecule has 19 heavy (non-hydrogen) atoms. The molecule has 2 N–H and O–H groups in total. The zero-order valence-electron chi connectivity index (χ0n) is 10.8. The summed E-state index contributed by atoms with van der Waals surface area (Å²) < 4.78 is 0.694. The Morgan fingerprint density at radius 1 is 1.53 bits per heavy atom. The van der Waals surface area contributed by atoms with Crippen molar-refractivity contribution < 1.29 is 15.0 Å². The van der Waals surface area contributed by atoms with Gasteiger partial charge in [-0.05, 0) is 53.9 Å². The third-order valence-corrected chi connectivity index (χ3v) is 4.78. The Hall–Kier alpha value is -1.07. The Morgan fingerprint density at radius 2 is 2.26 bits per heavy atom. The molecule has 1 aliphatic heterocycles. The molecule has 1 saturated heterocycles. The van der Waals surface area contributed by atoms with Crippen LogP contribution in [0.3, 0.4) is 0 Å². The number of halogens is 1. The molecule has 1 heterocycles. The summed E-state index contributed by atoms with van der Waals surface area (Å²) in [6.07, 6.45) is 1.64. The number of carboxylic acid groups (broad SMARTS) is 1. The average molecular weight is 328 g/mol. The molecule has 1 aliphatic rings. The molecule has 104 valence electrons. The van der Waals surface area contributed by atoms with Gasteiger partial charge in [0.2, 0.25) is 0 Å². The van der Waals surface area contributed by atoms with Gasteiger partial charge in [-0.2, -0.15) is 0 Å². The lowest BCUT2D eigenvalue weighted by Crippen LogP contribution is -2.45. The second-order valence-corrected chi connectivity index (χ2v) is 5.84. The normalized spacial score (nSPS) is 24.3. The summed E-state index contributed by atoms with van der Waals surface area (Å²) in [6.45, 7) is 3.52. The van der Waals surface area contributed by atoms with E-state index in [2.05, 4.69) is 20.8 Å². The fourth-order valence-corrected chi connectivity index (χ4v) is 3.06. The maximum atomic E-state index is 11.2. The van der Waals surface area contributed by atoms with Gasteiger partial charge in [-0.25, -0.2) is 0 Å². The van der Waals surface area contributed by atoms with Crippen molar-refractivity contribution in [2.24, 2.45) is 5.92 Å². The van der Waals surface area contributed by atoms with Gasteiger partial charge < -0.3 is 10.2 Å². The van der Waals surface area contributed by atoms with Crippen molar-refractivity contribution in [1.82, 2.24) is 4.90 Å². The third-order valence-electron chi connectivity index (χ3n) is 3.87. The van der Waals surface area contributed by atoms with Gasteiger partial charge in [-0.3, -0.25) is 9.69 Å². The minimum atomic E-state index is -0.716. The molecule has 0 unspecified atom stereocenters. The predicted octanol–water partition coefficient (Wildman–Crippen LogP) is 2.84. The van der Waals surface area contributed by atoms with Crippen LogP contribution < -0.4 is 0 Å². The van der Waals surface area contributed by atoms with Gasteiger partial charge in [0, 0.05) is 12.6 Å². The standard InChI is InChI=1S/C14H18BrNO3/c1-9-11(14(18)19)5-3-7-16(9)8-10-4-2-6-12(17)13(10)15/h2,4,6,9,11,17H,3,5,7-8H2,1H3,(H,18,19)/t9-,11-/m1/s1. The zero-order valence-corrected chi connectivity index (χ0v) is 12.4. The highest BCUT2D eigenvalue weighted by Gasteiger charge is 2.32. The number of piperidine rings is 1. The molecule has 1 fully saturated rings. The molecule has 2 rings (SSSR count). The lowest BCUT2D eigenvalue weighted by atomic mass is 9.90. The van der Waals surface area contributed by atoms with Crippen LogP contribution in [0.5, 0.6) is 5.75 Å². The van der Waals surface area contributed by atoms with Crippen molar-refractivity contribution in [3.8, 4) is 5.75 Å². The Balaban J connectivity index is 2.14. The highest BCUT2D eigenvalue weighted by Crippen LogP contribution is 2.31. The summed E-state index contributed by atoms with van der Waals surface area (Å²) in [5, 5.41) is 18.9. The number of benzene rings is 1. The van der Waals surface area contributed by atoms with Gasteiger partial charge in [0.15, 0.2) is 0 Å². The molecule has 2 atom stereocenters. The molecule has 1 aromatic rings. The summed E-state index contributed by atoms with van der Waals surface area (Å²) >= 11 is 3.38. The van der Waals surface area contributed by atoms with E-state index in [0.717, 1.165) is 24.9 Å². The van der Waals surface area contributed by atoms with Crippen molar-refractivity contribution in [3.05, 3.63) is 28.2 Å². The largest absolute Gasteiger partial charge is 0.507 e. The molecule has 0 radical (unpaired) electrons. The number of phenols is 1. The molecule has 5 heteroatoms. The fourth-order valence-electron chi connectivity index (χ4n) is 2.67. The summed E-state index contributed by atoms with van der Waals surface area (Å²) in [4.78, 5) is 13.4. The highest BCUT2D eigenvalue weighted by atomic mass is 79.9. The van der Waals surface area contributed by atoms with E-state index in [4.69, 9.17) is 0 Å². The number of likely N-dealkylation sites (tertiary alicyclic amines) is 1. The van der Waals surface area contributed by atoms with E-state index < -0.39 is 5.97 Å². The lowest BCUT2D eigenvalue weighted by Gasteiger charge is -2.37. The number of nitrogens with zero attached hydrogens (tertiary/aromatic N) is 1. The van der Waals surface area contributed by atoms with E-state index in [1.807, 2.05) is 13.0 Å². The van der Waals surface area contributed by atoms with Crippen molar-refractivity contribution in [3.63, 3.8) is 0 Å². The van der Waals surface area contributed by atoms with Gasteiger partial charge in [-0.15, -0.1) is 0 Å². The van der Waals surface area contributed by atoms with E-state index in [9.17, 15) is 15.0 Å². The Labute approximate surface area is 121 Å². The van der Waals surface area contributed by atoms with Crippen LogP contribution in [-0.4, -0.2) is 33.7 Å². The second kappa shape index (κ2) is 5.92. The topological polar surface area (TPSA) is 60.8 Å². The first-order chi connectivity index (χ1) is 9.00. The smallest absolute Gasteiger partial charge is 0.308 e. The lowest BCUT2D eigenvalue weighted by molar-refractivity contribution is -0.145. The molecule has 0 aliphatic carbocycles.